The maximum absolute atomic E-state index is 11.2. The van der Waals surface area contributed by atoms with E-state index in [1.54, 1.807) is 6.07 Å². The minimum atomic E-state index is -1.10. The van der Waals surface area contributed by atoms with Gasteiger partial charge in [-0.25, -0.2) is 9.78 Å². The van der Waals surface area contributed by atoms with E-state index in [1.807, 2.05) is 42.6 Å². The summed E-state index contributed by atoms with van der Waals surface area (Å²) in [6.07, 6.45) is 1.87. The van der Waals surface area contributed by atoms with E-state index in [9.17, 15) is 4.79 Å². The number of hydrogen-bond donors (Lipinski definition) is 1. The van der Waals surface area contributed by atoms with Gasteiger partial charge >= 0.3 is 5.97 Å². The van der Waals surface area contributed by atoms with E-state index in [0.29, 0.717) is 11.5 Å². The maximum atomic E-state index is 11.2. The van der Waals surface area contributed by atoms with Gasteiger partial charge in [-0.1, -0.05) is 31.5 Å². The Labute approximate surface area is 143 Å². The first kappa shape index (κ1) is 16.1. The van der Waals surface area contributed by atoms with Gasteiger partial charge < -0.3 is 5.11 Å². The number of pyridine rings is 1. The number of nitrogens with zero attached hydrogens (tertiary/aromatic N) is 4. The molecule has 24 heavy (non-hydrogen) atoms. The van der Waals surface area contributed by atoms with E-state index in [-0.39, 0.29) is 16.5 Å². The predicted molar refractivity (Wildman–Crippen MR) is 91.9 cm³/mol. The summed E-state index contributed by atoms with van der Waals surface area (Å²) in [5.41, 5.74) is 2.03. The lowest BCUT2D eigenvalue weighted by Crippen LogP contribution is -1.96. The van der Waals surface area contributed by atoms with Crippen LogP contribution in [0.3, 0.4) is 0 Å². The summed E-state index contributed by atoms with van der Waals surface area (Å²) < 4.78 is 1.85. The number of benzene rings is 1. The van der Waals surface area contributed by atoms with Crippen LogP contribution in [0.5, 0.6) is 0 Å². The van der Waals surface area contributed by atoms with E-state index in [4.69, 9.17) is 16.7 Å². The first-order valence-electron chi connectivity index (χ1n) is 7.39. The summed E-state index contributed by atoms with van der Waals surface area (Å²) in [6.45, 7) is 4.07. The SMILES string of the molecule is CC(C)c1nc2ccccn2c1N=Nc1ccc(Cl)c(C(=O)O)c1. The zero-order valence-corrected chi connectivity index (χ0v) is 13.9. The lowest BCUT2D eigenvalue weighted by atomic mass is 10.1. The molecule has 0 saturated heterocycles. The molecule has 2 aromatic heterocycles. The van der Waals surface area contributed by atoms with E-state index in [0.717, 1.165) is 11.3 Å². The third-order valence-corrected chi connectivity index (χ3v) is 3.85. The summed E-state index contributed by atoms with van der Waals surface area (Å²) in [6, 6.07) is 10.2. The molecule has 0 aliphatic carbocycles. The standard InChI is InChI=1S/C17H15ClN4O2/c1-10(2)15-16(22-8-4-3-5-14(22)19-15)21-20-11-6-7-13(18)12(9-11)17(23)24/h3-10H,1-2H3,(H,23,24). The molecule has 0 fully saturated rings. The second kappa shape index (κ2) is 6.41. The van der Waals surface area contributed by atoms with Crippen LogP contribution in [0.15, 0.2) is 52.8 Å². The highest BCUT2D eigenvalue weighted by Crippen LogP contribution is 2.30. The van der Waals surface area contributed by atoms with Gasteiger partial charge in [-0.15, -0.1) is 10.2 Å². The Balaban J connectivity index is 2.06. The van der Waals surface area contributed by atoms with Crippen molar-refractivity contribution >= 4 is 34.7 Å². The number of hydrogen-bond acceptors (Lipinski definition) is 4. The topological polar surface area (TPSA) is 79.3 Å². The first-order valence-corrected chi connectivity index (χ1v) is 7.76. The van der Waals surface area contributed by atoms with Crippen LogP contribution in [0.4, 0.5) is 11.5 Å². The van der Waals surface area contributed by atoms with Crippen LogP contribution in [0.1, 0.15) is 35.8 Å². The molecule has 6 nitrogen and oxygen atoms in total. The quantitative estimate of drug-likeness (QED) is 0.659. The third kappa shape index (κ3) is 3.00. The Morgan fingerprint density at radius 1 is 1.25 bits per heavy atom. The number of fused-ring (bicyclic) bond motifs is 1. The van der Waals surface area contributed by atoms with Gasteiger partial charge in [-0.3, -0.25) is 4.40 Å². The molecule has 3 aromatic rings. The number of aromatic nitrogens is 2. The van der Waals surface area contributed by atoms with E-state index in [2.05, 4.69) is 15.2 Å². The number of aromatic carboxylic acids is 1. The molecule has 0 unspecified atom stereocenters. The Morgan fingerprint density at radius 2 is 2.04 bits per heavy atom. The van der Waals surface area contributed by atoms with Crippen molar-refractivity contribution in [3.05, 3.63) is 58.9 Å². The van der Waals surface area contributed by atoms with Crippen molar-refractivity contribution < 1.29 is 9.90 Å². The molecule has 3 rings (SSSR count). The van der Waals surface area contributed by atoms with Crippen molar-refractivity contribution in [1.29, 1.82) is 0 Å². The minimum absolute atomic E-state index is 0.00431. The number of azo groups is 1. The molecule has 0 spiro atoms. The summed E-state index contributed by atoms with van der Waals surface area (Å²) >= 11 is 5.87. The summed E-state index contributed by atoms with van der Waals surface area (Å²) in [7, 11) is 0. The molecule has 0 aliphatic rings. The lowest BCUT2D eigenvalue weighted by molar-refractivity contribution is 0.0697. The molecular formula is C17H15ClN4O2. The van der Waals surface area contributed by atoms with Crippen molar-refractivity contribution in [3.8, 4) is 0 Å². The number of carbonyl (C=O) groups is 1. The van der Waals surface area contributed by atoms with Gasteiger partial charge in [-0.2, -0.15) is 0 Å². The minimum Gasteiger partial charge on any atom is -0.478 e. The normalized spacial score (nSPS) is 11.7. The van der Waals surface area contributed by atoms with Gasteiger partial charge in [0.25, 0.3) is 0 Å². The summed E-state index contributed by atoms with van der Waals surface area (Å²) in [4.78, 5) is 15.7. The Bertz CT molecular complexity index is 947. The molecule has 122 valence electrons. The molecule has 7 heteroatoms. The number of rotatable bonds is 4. The van der Waals surface area contributed by atoms with Crippen LogP contribution in [0, 0.1) is 0 Å². The monoisotopic (exact) mass is 342 g/mol. The van der Waals surface area contributed by atoms with Crippen LogP contribution in [-0.2, 0) is 0 Å². The van der Waals surface area contributed by atoms with Crippen LogP contribution < -0.4 is 0 Å². The molecule has 0 radical (unpaired) electrons. The van der Waals surface area contributed by atoms with Crippen molar-refractivity contribution in [3.63, 3.8) is 0 Å². The average Bonchev–Trinajstić information content (AvgIpc) is 2.93. The zero-order valence-electron chi connectivity index (χ0n) is 13.1. The fourth-order valence-corrected chi connectivity index (χ4v) is 2.53. The van der Waals surface area contributed by atoms with Crippen LogP contribution >= 0.6 is 11.6 Å². The van der Waals surface area contributed by atoms with Crippen LogP contribution in [-0.4, -0.2) is 20.5 Å². The maximum Gasteiger partial charge on any atom is 0.337 e. The van der Waals surface area contributed by atoms with E-state index < -0.39 is 5.97 Å². The second-order valence-corrected chi connectivity index (χ2v) is 5.98. The molecule has 0 saturated carbocycles. The average molecular weight is 343 g/mol. The second-order valence-electron chi connectivity index (χ2n) is 5.57. The van der Waals surface area contributed by atoms with E-state index in [1.165, 1.54) is 12.1 Å². The molecule has 1 N–H and O–H groups in total. The number of carboxylic acid groups (broad SMARTS) is 1. The van der Waals surface area contributed by atoms with Crippen molar-refractivity contribution in [2.75, 3.05) is 0 Å². The highest BCUT2D eigenvalue weighted by Gasteiger charge is 2.15. The van der Waals surface area contributed by atoms with Gasteiger partial charge in [0.1, 0.15) is 5.65 Å². The molecule has 0 atom stereocenters. The van der Waals surface area contributed by atoms with Gasteiger partial charge in [0.05, 0.1) is 22.0 Å². The number of halogens is 1. The summed E-state index contributed by atoms with van der Waals surface area (Å²) in [5.74, 6) is -0.291. The third-order valence-electron chi connectivity index (χ3n) is 3.52. The molecule has 0 amide bonds. The Hall–Kier alpha value is -2.73. The summed E-state index contributed by atoms with van der Waals surface area (Å²) in [5, 5.41) is 17.8. The van der Waals surface area contributed by atoms with Gasteiger partial charge in [-0.05, 0) is 36.2 Å². The molecular weight excluding hydrogens is 328 g/mol. The number of imidazole rings is 1. The van der Waals surface area contributed by atoms with Gasteiger partial charge in [0, 0.05) is 6.20 Å². The van der Waals surface area contributed by atoms with Crippen molar-refractivity contribution in [1.82, 2.24) is 9.38 Å². The van der Waals surface area contributed by atoms with E-state index >= 15 is 0 Å². The molecule has 0 aliphatic heterocycles. The zero-order chi connectivity index (χ0) is 17.3. The van der Waals surface area contributed by atoms with Crippen LogP contribution in [0.2, 0.25) is 5.02 Å². The fourth-order valence-electron chi connectivity index (χ4n) is 2.33. The number of carboxylic acids is 1. The highest BCUT2D eigenvalue weighted by atomic mass is 35.5. The molecule has 2 heterocycles. The van der Waals surface area contributed by atoms with Crippen molar-refractivity contribution in [2.45, 2.75) is 19.8 Å². The van der Waals surface area contributed by atoms with Crippen molar-refractivity contribution in [2.24, 2.45) is 10.2 Å². The van der Waals surface area contributed by atoms with Crippen LogP contribution in [0.25, 0.3) is 5.65 Å². The molecule has 1 aromatic carbocycles. The first-order chi connectivity index (χ1) is 11.5. The Kier molecular flexibility index (Phi) is 4.31. The lowest BCUT2D eigenvalue weighted by Gasteiger charge is -2.02. The predicted octanol–water partition coefficient (Wildman–Crippen LogP) is 5.22. The largest absolute Gasteiger partial charge is 0.478 e. The smallest absolute Gasteiger partial charge is 0.337 e. The Morgan fingerprint density at radius 3 is 2.75 bits per heavy atom. The van der Waals surface area contributed by atoms with Gasteiger partial charge in [0.2, 0.25) is 0 Å². The van der Waals surface area contributed by atoms with Gasteiger partial charge in [0.15, 0.2) is 5.82 Å². The molecule has 0 bridgehead atoms. The highest BCUT2D eigenvalue weighted by molar-refractivity contribution is 6.33. The fraction of sp³-hybridized carbons (Fsp3) is 0.176.